The highest BCUT2D eigenvalue weighted by Crippen LogP contribution is 2.35. The summed E-state index contributed by atoms with van der Waals surface area (Å²) >= 11 is 1.52. The molecule has 0 aliphatic heterocycles. The Balaban J connectivity index is 2.53. The quantitative estimate of drug-likeness (QED) is 0.921. The molecule has 4 heteroatoms. The first-order valence-corrected chi connectivity index (χ1v) is 6.75. The van der Waals surface area contributed by atoms with Gasteiger partial charge in [0, 0.05) is 0 Å². The smallest absolute Gasteiger partial charge is 0.129 e. The third-order valence-electron chi connectivity index (χ3n) is 2.94. The first kappa shape index (κ1) is 13.1. The molecule has 0 bridgehead atoms. The van der Waals surface area contributed by atoms with E-state index in [1.165, 1.54) is 16.9 Å². The molecular weight excluding hydrogens is 246 g/mol. The second kappa shape index (κ2) is 5.50. The molecule has 0 atom stereocenters. The zero-order chi connectivity index (χ0) is 13.1. The summed E-state index contributed by atoms with van der Waals surface area (Å²) in [5.74, 6) is 0.824. The van der Waals surface area contributed by atoms with Gasteiger partial charge in [-0.3, -0.25) is 0 Å². The van der Waals surface area contributed by atoms with Crippen molar-refractivity contribution in [1.29, 1.82) is 0 Å². The molecule has 18 heavy (non-hydrogen) atoms. The average Bonchev–Trinajstić information content (AvgIpc) is 2.79. The molecule has 0 aliphatic carbocycles. The van der Waals surface area contributed by atoms with Crippen molar-refractivity contribution < 1.29 is 9.84 Å². The van der Waals surface area contributed by atoms with E-state index in [1.807, 2.05) is 13.0 Å². The number of aliphatic hydroxyl groups excluding tert-OH is 1. The molecule has 96 valence electrons. The van der Waals surface area contributed by atoms with E-state index in [1.54, 1.807) is 7.11 Å². The van der Waals surface area contributed by atoms with Crippen LogP contribution in [0.4, 0.5) is 0 Å². The van der Waals surface area contributed by atoms with E-state index >= 15 is 0 Å². The molecule has 1 aromatic heterocycles. The highest BCUT2D eigenvalue weighted by atomic mass is 32.1. The number of methoxy groups -OCH3 is 1. The molecule has 0 saturated carbocycles. The third-order valence-corrected chi connectivity index (χ3v) is 4.11. The van der Waals surface area contributed by atoms with Crippen LogP contribution >= 0.6 is 11.3 Å². The van der Waals surface area contributed by atoms with Crippen molar-refractivity contribution in [3.05, 3.63) is 34.3 Å². The van der Waals surface area contributed by atoms with Gasteiger partial charge in [-0.1, -0.05) is 13.0 Å². The van der Waals surface area contributed by atoms with E-state index in [4.69, 9.17) is 4.74 Å². The highest BCUT2D eigenvalue weighted by Gasteiger charge is 2.13. The van der Waals surface area contributed by atoms with Crippen LogP contribution in [-0.4, -0.2) is 17.2 Å². The van der Waals surface area contributed by atoms with Crippen LogP contribution in [0.2, 0.25) is 0 Å². The van der Waals surface area contributed by atoms with E-state index in [2.05, 4.69) is 24.0 Å². The number of thiazole rings is 1. The summed E-state index contributed by atoms with van der Waals surface area (Å²) in [4.78, 5) is 5.43. The van der Waals surface area contributed by atoms with Gasteiger partial charge < -0.3 is 9.84 Å². The Bertz CT molecular complexity index is 549. The normalized spacial score (nSPS) is 10.7. The predicted molar refractivity (Wildman–Crippen MR) is 74.1 cm³/mol. The molecule has 0 spiro atoms. The monoisotopic (exact) mass is 263 g/mol. The molecule has 2 aromatic rings. The Kier molecular flexibility index (Phi) is 3.99. The summed E-state index contributed by atoms with van der Waals surface area (Å²) in [5.41, 5.74) is 3.15. The number of aromatic nitrogens is 1. The summed E-state index contributed by atoms with van der Waals surface area (Å²) in [7, 11) is 1.66. The van der Waals surface area contributed by atoms with Gasteiger partial charge in [0.2, 0.25) is 0 Å². The lowest BCUT2D eigenvalue weighted by atomic mass is 10.1. The predicted octanol–water partition coefficient (Wildman–Crippen LogP) is 3.18. The average molecular weight is 263 g/mol. The molecular formula is C14H17NO2S. The first-order valence-electron chi connectivity index (χ1n) is 5.94. The Labute approximate surface area is 111 Å². The molecule has 0 unspecified atom stereocenters. The largest absolute Gasteiger partial charge is 0.496 e. The van der Waals surface area contributed by atoms with Crippen molar-refractivity contribution in [3.8, 4) is 16.3 Å². The molecule has 1 N–H and O–H groups in total. The van der Waals surface area contributed by atoms with Crippen LogP contribution in [0.15, 0.2) is 18.2 Å². The minimum absolute atomic E-state index is 0.0410. The summed E-state index contributed by atoms with van der Waals surface area (Å²) in [6.07, 6.45) is 0.980. The Morgan fingerprint density at radius 2 is 2.17 bits per heavy atom. The van der Waals surface area contributed by atoms with Crippen molar-refractivity contribution in [1.82, 2.24) is 4.98 Å². The van der Waals surface area contributed by atoms with Gasteiger partial charge in [0.1, 0.15) is 10.8 Å². The Hall–Kier alpha value is -1.39. The number of benzene rings is 1. The third kappa shape index (κ3) is 2.40. The van der Waals surface area contributed by atoms with Crippen molar-refractivity contribution in [2.24, 2.45) is 0 Å². The number of aryl methyl sites for hydroxylation is 2. The second-order valence-electron chi connectivity index (χ2n) is 4.07. The lowest BCUT2D eigenvalue weighted by Gasteiger charge is -2.07. The summed E-state index contributed by atoms with van der Waals surface area (Å²) in [6.45, 7) is 4.08. The minimum Gasteiger partial charge on any atom is -0.496 e. The summed E-state index contributed by atoms with van der Waals surface area (Å²) < 4.78 is 5.39. The molecule has 3 nitrogen and oxygen atoms in total. The Morgan fingerprint density at radius 3 is 2.72 bits per heavy atom. The molecule has 0 aliphatic rings. The number of hydrogen-bond donors (Lipinski definition) is 1. The van der Waals surface area contributed by atoms with E-state index < -0.39 is 0 Å². The minimum atomic E-state index is 0.0410. The van der Waals surface area contributed by atoms with Crippen LogP contribution in [0.1, 0.15) is 23.1 Å². The van der Waals surface area contributed by atoms with Crippen molar-refractivity contribution in [2.75, 3.05) is 7.11 Å². The van der Waals surface area contributed by atoms with Crippen LogP contribution in [0.5, 0.6) is 5.75 Å². The first-order chi connectivity index (χ1) is 8.69. The number of hydrogen-bond acceptors (Lipinski definition) is 4. The summed E-state index contributed by atoms with van der Waals surface area (Å²) in [6, 6.07) is 6.15. The van der Waals surface area contributed by atoms with Crippen molar-refractivity contribution in [2.45, 2.75) is 26.9 Å². The van der Waals surface area contributed by atoms with Crippen LogP contribution in [0.25, 0.3) is 10.6 Å². The highest BCUT2D eigenvalue weighted by molar-refractivity contribution is 7.15. The fourth-order valence-corrected chi connectivity index (χ4v) is 2.78. The van der Waals surface area contributed by atoms with Gasteiger partial charge in [-0.2, -0.15) is 0 Å². The lowest BCUT2D eigenvalue weighted by Crippen LogP contribution is -1.90. The van der Waals surface area contributed by atoms with Gasteiger partial charge in [0.25, 0.3) is 0 Å². The molecule has 2 rings (SSSR count). The molecule has 0 radical (unpaired) electrons. The van der Waals surface area contributed by atoms with Crippen molar-refractivity contribution >= 4 is 11.3 Å². The van der Waals surface area contributed by atoms with Gasteiger partial charge in [0.05, 0.1) is 29.9 Å². The topological polar surface area (TPSA) is 42.4 Å². The maximum absolute atomic E-state index is 9.25. The van der Waals surface area contributed by atoms with Gasteiger partial charge in [-0.15, -0.1) is 11.3 Å². The SMILES string of the molecule is CCc1ccc(OC)c(-c2nc(C)c(CO)s2)c1. The van der Waals surface area contributed by atoms with Crippen LogP contribution in [0, 0.1) is 6.92 Å². The molecule has 1 aromatic carbocycles. The fraction of sp³-hybridized carbons (Fsp3) is 0.357. The van der Waals surface area contributed by atoms with E-state index in [0.717, 1.165) is 33.3 Å². The zero-order valence-electron chi connectivity index (χ0n) is 10.9. The Morgan fingerprint density at radius 1 is 1.39 bits per heavy atom. The number of rotatable bonds is 4. The van der Waals surface area contributed by atoms with Crippen LogP contribution < -0.4 is 4.74 Å². The van der Waals surface area contributed by atoms with Crippen LogP contribution in [0.3, 0.4) is 0 Å². The number of nitrogens with zero attached hydrogens (tertiary/aromatic N) is 1. The maximum Gasteiger partial charge on any atom is 0.129 e. The molecule has 0 amide bonds. The van der Waals surface area contributed by atoms with Crippen LogP contribution in [-0.2, 0) is 13.0 Å². The van der Waals surface area contributed by atoms with Crippen molar-refractivity contribution in [3.63, 3.8) is 0 Å². The summed E-state index contributed by atoms with van der Waals surface area (Å²) in [5, 5.41) is 10.2. The molecule has 0 saturated heterocycles. The number of aliphatic hydroxyl groups is 1. The fourth-order valence-electron chi connectivity index (χ4n) is 1.83. The van der Waals surface area contributed by atoms with Gasteiger partial charge in [0.15, 0.2) is 0 Å². The van der Waals surface area contributed by atoms with E-state index in [9.17, 15) is 5.11 Å². The van der Waals surface area contributed by atoms with Gasteiger partial charge >= 0.3 is 0 Å². The van der Waals surface area contributed by atoms with E-state index in [0.29, 0.717) is 0 Å². The molecule has 1 heterocycles. The maximum atomic E-state index is 9.25. The second-order valence-corrected chi connectivity index (χ2v) is 5.16. The zero-order valence-corrected chi connectivity index (χ0v) is 11.7. The van der Waals surface area contributed by atoms with Gasteiger partial charge in [-0.05, 0) is 31.0 Å². The van der Waals surface area contributed by atoms with E-state index in [-0.39, 0.29) is 6.61 Å². The number of ether oxygens (including phenoxy) is 1. The lowest BCUT2D eigenvalue weighted by molar-refractivity contribution is 0.284. The van der Waals surface area contributed by atoms with Gasteiger partial charge in [-0.25, -0.2) is 4.98 Å². The molecule has 0 fully saturated rings. The standard InChI is InChI=1S/C14H17NO2S/c1-4-10-5-6-12(17-3)11(7-10)14-15-9(2)13(8-16)18-14/h5-7,16H,4,8H2,1-3H3.